The fourth-order valence-corrected chi connectivity index (χ4v) is 7.22. The summed E-state index contributed by atoms with van der Waals surface area (Å²) in [4.78, 5) is 29.1. The number of fused-ring (bicyclic) bond motifs is 1. The second-order valence-corrected chi connectivity index (χ2v) is 13.6. The predicted octanol–water partition coefficient (Wildman–Crippen LogP) is 8.45. The lowest BCUT2D eigenvalue weighted by Gasteiger charge is -2.24. The van der Waals surface area contributed by atoms with Crippen LogP contribution in [0.1, 0.15) is 48.0 Å². The lowest BCUT2D eigenvalue weighted by atomic mass is 9.95. The first-order chi connectivity index (χ1) is 22.2. The maximum absolute atomic E-state index is 14.1. The van der Waals surface area contributed by atoms with E-state index in [1.807, 2.05) is 36.4 Å². The molecule has 1 unspecified atom stereocenters. The van der Waals surface area contributed by atoms with E-state index in [9.17, 15) is 14.7 Å². The van der Waals surface area contributed by atoms with Gasteiger partial charge in [-0.2, -0.15) is 0 Å². The Morgan fingerprint density at radius 1 is 1.09 bits per heavy atom. The molecule has 9 nitrogen and oxygen atoms in total. The van der Waals surface area contributed by atoms with Crippen LogP contribution in [0.4, 0.5) is 5.13 Å². The number of benzene rings is 3. The van der Waals surface area contributed by atoms with Gasteiger partial charge < -0.3 is 19.0 Å². The summed E-state index contributed by atoms with van der Waals surface area (Å²) in [6, 6.07) is 20.4. The van der Waals surface area contributed by atoms with Crippen LogP contribution in [0.2, 0.25) is 5.02 Å². The molecule has 1 atom stereocenters. The van der Waals surface area contributed by atoms with E-state index < -0.39 is 23.5 Å². The van der Waals surface area contributed by atoms with Crippen molar-refractivity contribution in [3.05, 3.63) is 106 Å². The minimum atomic E-state index is -1.05. The summed E-state index contributed by atoms with van der Waals surface area (Å²) in [5.41, 5.74) is 1.81. The number of nitrogens with zero attached hydrogens (tertiary/aromatic N) is 3. The number of halogens is 1. The van der Waals surface area contributed by atoms with Crippen molar-refractivity contribution in [1.82, 2.24) is 10.2 Å². The number of aliphatic hydroxyl groups is 1. The van der Waals surface area contributed by atoms with E-state index in [1.165, 1.54) is 35.1 Å². The quantitative estimate of drug-likeness (QED) is 0.0790. The van der Waals surface area contributed by atoms with Gasteiger partial charge in [0.05, 0.1) is 25.3 Å². The Balaban J connectivity index is 1.38. The summed E-state index contributed by atoms with van der Waals surface area (Å²) in [6.45, 7) is 4.73. The Morgan fingerprint density at radius 3 is 2.63 bits per heavy atom. The number of hydrogen-bond donors (Lipinski definition) is 1. The molecule has 2 aromatic heterocycles. The standard InChI is InChI=1S/C34H30ClN3O6S2/c1-19(2)14-15-43-25-13-12-21(17-26(25)42-3)29-28(30(39)27-16-20-8-5-7-11-24(20)44-27)31(40)32(41)38(29)33-36-37-34(46-33)45-18-22-9-4-6-10-23(22)35/h4-13,16-17,19,29,40H,14-15,18H2,1-3H3. The van der Waals surface area contributed by atoms with Gasteiger partial charge in [0.2, 0.25) is 10.9 Å². The van der Waals surface area contributed by atoms with Crippen molar-refractivity contribution in [3.8, 4) is 11.5 Å². The molecule has 0 aliphatic carbocycles. The molecule has 0 spiro atoms. The SMILES string of the molecule is COc1cc(C2C(C(=O)c3cc4ccccc4o3)=C(O)C(=O)N2c2nnc(SCc3ccccc3Cl)s2)ccc1OCCC(C)C. The number of anilines is 1. The molecule has 3 heterocycles. The number of para-hydroxylation sites is 1. The first-order valence-corrected chi connectivity index (χ1v) is 16.7. The van der Waals surface area contributed by atoms with Crippen LogP contribution in [0.3, 0.4) is 0 Å². The van der Waals surface area contributed by atoms with Crippen LogP contribution >= 0.6 is 34.7 Å². The molecule has 0 saturated carbocycles. The van der Waals surface area contributed by atoms with E-state index in [2.05, 4.69) is 24.0 Å². The molecular formula is C34H30ClN3O6S2. The largest absolute Gasteiger partial charge is 0.503 e. The Hall–Kier alpha value is -4.32. The van der Waals surface area contributed by atoms with Crippen LogP contribution in [-0.2, 0) is 10.5 Å². The van der Waals surface area contributed by atoms with E-state index >= 15 is 0 Å². The third kappa shape index (κ3) is 6.35. The average molecular weight is 676 g/mol. The Morgan fingerprint density at radius 2 is 1.87 bits per heavy atom. The second-order valence-electron chi connectivity index (χ2n) is 11.0. The molecule has 5 aromatic rings. The van der Waals surface area contributed by atoms with Gasteiger partial charge in [0.15, 0.2) is 27.4 Å². The van der Waals surface area contributed by atoms with Gasteiger partial charge in [0.1, 0.15) is 5.58 Å². The van der Waals surface area contributed by atoms with E-state index in [-0.39, 0.29) is 16.5 Å². The van der Waals surface area contributed by atoms with Gasteiger partial charge in [0, 0.05) is 16.2 Å². The molecule has 0 saturated heterocycles. The molecule has 0 fully saturated rings. The highest BCUT2D eigenvalue weighted by atomic mass is 35.5. The molecule has 1 N–H and O–H groups in total. The second kappa shape index (κ2) is 13.6. The van der Waals surface area contributed by atoms with Gasteiger partial charge in [0.25, 0.3) is 5.91 Å². The van der Waals surface area contributed by atoms with Gasteiger partial charge in [-0.25, -0.2) is 0 Å². The van der Waals surface area contributed by atoms with Crippen molar-refractivity contribution in [1.29, 1.82) is 0 Å². The summed E-state index contributed by atoms with van der Waals surface area (Å²) < 4.78 is 18.1. The lowest BCUT2D eigenvalue weighted by molar-refractivity contribution is -0.117. The fourth-order valence-electron chi connectivity index (χ4n) is 5.07. The van der Waals surface area contributed by atoms with Gasteiger partial charge in [-0.3, -0.25) is 14.5 Å². The molecule has 46 heavy (non-hydrogen) atoms. The monoisotopic (exact) mass is 675 g/mol. The number of carbonyl (C=O) groups is 2. The number of hydrogen-bond acceptors (Lipinski definition) is 10. The molecule has 236 valence electrons. The van der Waals surface area contributed by atoms with Crippen LogP contribution in [-0.4, -0.2) is 40.7 Å². The number of Topliss-reactive ketones (excluding diaryl/α,β-unsaturated/α-hetero) is 1. The minimum Gasteiger partial charge on any atom is -0.503 e. The van der Waals surface area contributed by atoms with Crippen LogP contribution in [0.15, 0.2) is 92.9 Å². The Bertz CT molecular complexity index is 1920. The molecule has 1 amide bonds. The van der Waals surface area contributed by atoms with Crippen molar-refractivity contribution < 1.29 is 28.6 Å². The molecule has 1 aliphatic rings. The van der Waals surface area contributed by atoms with E-state index in [0.29, 0.717) is 50.3 Å². The summed E-state index contributed by atoms with van der Waals surface area (Å²) in [7, 11) is 1.52. The Labute approximate surface area is 278 Å². The van der Waals surface area contributed by atoms with E-state index in [0.717, 1.165) is 17.4 Å². The Kier molecular flexibility index (Phi) is 9.34. The zero-order valence-corrected chi connectivity index (χ0v) is 27.6. The number of ether oxygens (including phenoxy) is 2. The maximum atomic E-state index is 14.1. The number of carbonyl (C=O) groups excluding carboxylic acids is 2. The molecule has 3 aromatic carbocycles. The summed E-state index contributed by atoms with van der Waals surface area (Å²) in [5.74, 6) is -0.144. The van der Waals surface area contributed by atoms with Crippen molar-refractivity contribution in [2.24, 2.45) is 5.92 Å². The van der Waals surface area contributed by atoms with Gasteiger partial charge >= 0.3 is 0 Å². The first-order valence-electron chi connectivity index (χ1n) is 14.6. The molecule has 1 aliphatic heterocycles. The number of aromatic nitrogens is 2. The summed E-state index contributed by atoms with van der Waals surface area (Å²) in [6.07, 6.45) is 0.858. The van der Waals surface area contributed by atoms with Gasteiger partial charge in [-0.05, 0) is 53.8 Å². The number of furan rings is 1. The highest BCUT2D eigenvalue weighted by molar-refractivity contribution is 8.00. The lowest BCUT2D eigenvalue weighted by Crippen LogP contribution is -2.31. The van der Waals surface area contributed by atoms with Gasteiger partial charge in [-0.1, -0.05) is 91.0 Å². The maximum Gasteiger partial charge on any atom is 0.296 e. The predicted molar refractivity (Wildman–Crippen MR) is 179 cm³/mol. The number of rotatable bonds is 12. The third-order valence-corrected chi connectivity index (χ3v) is 9.94. The number of thioether (sulfide) groups is 1. The number of aliphatic hydroxyl groups excluding tert-OH is 1. The summed E-state index contributed by atoms with van der Waals surface area (Å²) in [5, 5.41) is 21.4. The van der Waals surface area contributed by atoms with Crippen LogP contribution in [0, 0.1) is 5.92 Å². The highest BCUT2D eigenvalue weighted by Crippen LogP contribution is 2.46. The zero-order chi connectivity index (χ0) is 32.4. The van der Waals surface area contributed by atoms with Crippen LogP contribution < -0.4 is 14.4 Å². The van der Waals surface area contributed by atoms with E-state index in [1.54, 1.807) is 36.4 Å². The highest BCUT2D eigenvalue weighted by Gasteiger charge is 2.47. The van der Waals surface area contributed by atoms with Crippen LogP contribution in [0.5, 0.6) is 11.5 Å². The van der Waals surface area contributed by atoms with Crippen molar-refractivity contribution in [2.45, 2.75) is 36.4 Å². The zero-order valence-electron chi connectivity index (χ0n) is 25.2. The topological polar surface area (TPSA) is 115 Å². The van der Waals surface area contributed by atoms with Crippen molar-refractivity contribution >= 4 is 62.5 Å². The van der Waals surface area contributed by atoms with Crippen LogP contribution in [0.25, 0.3) is 11.0 Å². The molecule has 6 rings (SSSR count). The van der Waals surface area contributed by atoms with E-state index in [4.69, 9.17) is 25.5 Å². The van der Waals surface area contributed by atoms with Crippen molar-refractivity contribution in [2.75, 3.05) is 18.6 Å². The molecule has 0 radical (unpaired) electrons. The normalized spacial score (nSPS) is 14.9. The first kappa shape index (κ1) is 31.7. The van der Waals surface area contributed by atoms with Crippen molar-refractivity contribution in [3.63, 3.8) is 0 Å². The smallest absolute Gasteiger partial charge is 0.296 e. The molecule has 0 bridgehead atoms. The molecular weight excluding hydrogens is 646 g/mol. The van der Waals surface area contributed by atoms with Gasteiger partial charge in [-0.15, -0.1) is 10.2 Å². The minimum absolute atomic E-state index is 0.00347. The number of methoxy groups -OCH3 is 1. The number of ketones is 1. The summed E-state index contributed by atoms with van der Waals surface area (Å²) >= 11 is 8.92. The molecule has 12 heteroatoms. The average Bonchev–Trinajstić information content (AvgIpc) is 3.77. The fraction of sp³-hybridized carbons (Fsp3) is 0.235. The third-order valence-electron chi connectivity index (χ3n) is 7.47. The number of amides is 1.